The second kappa shape index (κ2) is 6.08. The number of pyridine rings is 1. The molecule has 0 aliphatic rings. The van der Waals surface area contributed by atoms with E-state index in [9.17, 15) is 4.79 Å². The van der Waals surface area contributed by atoms with Gasteiger partial charge in [-0.05, 0) is 41.4 Å². The molecule has 0 amide bonds. The van der Waals surface area contributed by atoms with Gasteiger partial charge in [-0.2, -0.15) is 0 Å². The molecule has 15 heavy (non-hydrogen) atoms. The van der Waals surface area contributed by atoms with E-state index in [4.69, 9.17) is 4.74 Å². The molecule has 0 N–H and O–H groups in total. The van der Waals surface area contributed by atoms with Crippen molar-refractivity contribution in [3.05, 3.63) is 33.2 Å². The number of nitrogens with zero attached hydrogens (tertiary/aromatic N) is 1. The predicted octanol–water partition coefficient (Wildman–Crippen LogP) is 2.60. The zero-order chi connectivity index (χ0) is 11.3. The lowest BCUT2D eigenvalue weighted by molar-refractivity contribution is 0.110. The highest BCUT2D eigenvalue weighted by Gasteiger charge is 2.10. The van der Waals surface area contributed by atoms with Crippen LogP contribution in [0.15, 0.2) is 27.6 Å². The molecule has 0 aliphatic heterocycles. The molecule has 1 aromatic heterocycles. The maximum absolute atomic E-state index is 11.8. The van der Waals surface area contributed by atoms with Crippen LogP contribution in [0.3, 0.4) is 0 Å². The maximum atomic E-state index is 11.8. The Hall–Kier alpha value is -0.610. The lowest BCUT2D eigenvalue weighted by Crippen LogP contribution is -2.27. The van der Waals surface area contributed by atoms with Gasteiger partial charge >= 0.3 is 0 Å². The van der Waals surface area contributed by atoms with Crippen molar-refractivity contribution in [3.8, 4) is 0 Å². The summed E-state index contributed by atoms with van der Waals surface area (Å²) in [7, 11) is 0. The van der Waals surface area contributed by atoms with Crippen LogP contribution in [0.25, 0.3) is 0 Å². The fourth-order valence-electron chi connectivity index (χ4n) is 1.42. The van der Waals surface area contributed by atoms with Gasteiger partial charge in [0.05, 0.1) is 17.1 Å². The van der Waals surface area contributed by atoms with Crippen LogP contribution < -0.4 is 5.56 Å². The standard InChI is InChI=1S/C11H16BrNO2/c1-3-9(8-15-4-2)13-7-5-6-10(12)11(13)14/h5-7,9H,3-4,8H2,1-2H3. The number of halogens is 1. The molecule has 0 bridgehead atoms. The molecule has 0 spiro atoms. The zero-order valence-electron chi connectivity index (χ0n) is 9.07. The van der Waals surface area contributed by atoms with Gasteiger partial charge in [0.2, 0.25) is 0 Å². The third kappa shape index (κ3) is 3.18. The fraction of sp³-hybridized carbons (Fsp3) is 0.545. The van der Waals surface area contributed by atoms with E-state index >= 15 is 0 Å². The Morgan fingerprint density at radius 3 is 2.87 bits per heavy atom. The van der Waals surface area contributed by atoms with Crippen molar-refractivity contribution in [2.24, 2.45) is 0 Å². The van der Waals surface area contributed by atoms with Crippen LogP contribution in [0, 0.1) is 0 Å². The van der Waals surface area contributed by atoms with Gasteiger partial charge in [0, 0.05) is 12.8 Å². The van der Waals surface area contributed by atoms with E-state index in [1.54, 1.807) is 16.8 Å². The predicted molar refractivity (Wildman–Crippen MR) is 64.2 cm³/mol. The molecular weight excluding hydrogens is 258 g/mol. The third-order valence-corrected chi connectivity index (χ3v) is 2.91. The zero-order valence-corrected chi connectivity index (χ0v) is 10.7. The highest BCUT2D eigenvalue weighted by molar-refractivity contribution is 9.10. The van der Waals surface area contributed by atoms with E-state index < -0.39 is 0 Å². The summed E-state index contributed by atoms with van der Waals surface area (Å²) in [6, 6.07) is 3.74. The van der Waals surface area contributed by atoms with Crippen LogP contribution in [0.1, 0.15) is 26.3 Å². The van der Waals surface area contributed by atoms with Crippen LogP contribution in [-0.2, 0) is 4.74 Å². The molecule has 1 rings (SSSR count). The molecule has 1 unspecified atom stereocenters. The molecule has 0 saturated heterocycles. The summed E-state index contributed by atoms with van der Waals surface area (Å²) in [5.41, 5.74) is 0.00375. The van der Waals surface area contributed by atoms with Crippen molar-refractivity contribution in [3.63, 3.8) is 0 Å². The largest absolute Gasteiger partial charge is 0.380 e. The Labute approximate surface area is 98.2 Å². The second-order valence-corrected chi connectivity index (χ2v) is 4.14. The van der Waals surface area contributed by atoms with E-state index in [2.05, 4.69) is 22.9 Å². The first-order valence-electron chi connectivity index (χ1n) is 5.15. The summed E-state index contributed by atoms with van der Waals surface area (Å²) in [5.74, 6) is 0. The number of aromatic nitrogens is 1. The average molecular weight is 274 g/mol. The first kappa shape index (κ1) is 12.5. The maximum Gasteiger partial charge on any atom is 0.265 e. The molecule has 1 atom stereocenters. The Balaban J connectivity index is 2.91. The second-order valence-electron chi connectivity index (χ2n) is 3.29. The minimum Gasteiger partial charge on any atom is -0.380 e. The minimum atomic E-state index is 0.00375. The highest BCUT2D eigenvalue weighted by Crippen LogP contribution is 2.11. The quantitative estimate of drug-likeness (QED) is 0.826. The van der Waals surface area contributed by atoms with Gasteiger partial charge in [-0.3, -0.25) is 4.79 Å². The van der Waals surface area contributed by atoms with Crippen LogP contribution in [0.2, 0.25) is 0 Å². The Morgan fingerprint density at radius 2 is 2.27 bits per heavy atom. The number of ether oxygens (including phenoxy) is 1. The van der Waals surface area contributed by atoms with Crippen molar-refractivity contribution in [1.29, 1.82) is 0 Å². The van der Waals surface area contributed by atoms with Crippen molar-refractivity contribution in [2.75, 3.05) is 13.2 Å². The summed E-state index contributed by atoms with van der Waals surface area (Å²) in [5, 5.41) is 0. The van der Waals surface area contributed by atoms with Crippen LogP contribution in [0.5, 0.6) is 0 Å². The monoisotopic (exact) mass is 273 g/mol. The smallest absolute Gasteiger partial charge is 0.265 e. The molecular formula is C11H16BrNO2. The number of hydrogen-bond donors (Lipinski definition) is 0. The molecule has 84 valence electrons. The fourth-order valence-corrected chi connectivity index (χ4v) is 1.78. The summed E-state index contributed by atoms with van der Waals surface area (Å²) in [4.78, 5) is 11.8. The van der Waals surface area contributed by atoms with Gasteiger partial charge in [0.15, 0.2) is 0 Å². The number of hydrogen-bond acceptors (Lipinski definition) is 2. The molecule has 0 aromatic carbocycles. The summed E-state index contributed by atoms with van der Waals surface area (Å²) in [6.45, 7) is 5.27. The highest BCUT2D eigenvalue weighted by atomic mass is 79.9. The molecule has 1 heterocycles. The first-order valence-corrected chi connectivity index (χ1v) is 5.94. The van der Waals surface area contributed by atoms with Crippen LogP contribution in [0.4, 0.5) is 0 Å². The van der Waals surface area contributed by atoms with Crippen LogP contribution in [-0.4, -0.2) is 17.8 Å². The lowest BCUT2D eigenvalue weighted by Gasteiger charge is -2.17. The van der Waals surface area contributed by atoms with E-state index in [1.165, 1.54) is 0 Å². The van der Waals surface area contributed by atoms with Crippen molar-refractivity contribution in [1.82, 2.24) is 4.57 Å². The molecule has 3 nitrogen and oxygen atoms in total. The van der Waals surface area contributed by atoms with E-state index in [0.717, 1.165) is 6.42 Å². The molecule has 1 aromatic rings. The van der Waals surface area contributed by atoms with Gasteiger partial charge in [0.25, 0.3) is 5.56 Å². The topological polar surface area (TPSA) is 31.2 Å². The molecule has 0 fully saturated rings. The van der Waals surface area contributed by atoms with Crippen molar-refractivity contribution >= 4 is 15.9 Å². The molecule has 0 saturated carbocycles. The van der Waals surface area contributed by atoms with Crippen molar-refractivity contribution in [2.45, 2.75) is 26.3 Å². The van der Waals surface area contributed by atoms with Gasteiger partial charge < -0.3 is 9.30 Å². The Morgan fingerprint density at radius 1 is 1.53 bits per heavy atom. The first-order chi connectivity index (χ1) is 7.20. The summed E-state index contributed by atoms with van der Waals surface area (Å²) < 4.78 is 7.68. The van der Waals surface area contributed by atoms with Gasteiger partial charge in [-0.1, -0.05) is 6.92 Å². The third-order valence-electron chi connectivity index (χ3n) is 2.31. The van der Waals surface area contributed by atoms with E-state index in [1.807, 2.05) is 13.0 Å². The van der Waals surface area contributed by atoms with Gasteiger partial charge in [-0.15, -0.1) is 0 Å². The van der Waals surface area contributed by atoms with E-state index in [0.29, 0.717) is 17.7 Å². The SMILES string of the molecule is CCOCC(CC)n1cccc(Br)c1=O. The minimum absolute atomic E-state index is 0.00375. The Bertz CT molecular complexity index is 362. The van der Waals surface area contributed by atoms with Gasteiger partial charge in [0.1, 0.15) is 0 Å². The summed E-state index contributed by atoms with van der Waals surface area (Å²) >= 11 is 3.24. The van der Waals surface area contributed by atoms with Crippen LogP contribution >= 0.6 is 15.9 Å². The molecule has 4 heteroatoms. The van der Waals surface area contributed by atoms with Gasteiger partial charge in [-0.25, -0.2) is 0 Å². The molecule has 0 radical (unpaired) electrons. The van der Waals surface area contributed by atoms with Crippen molar-refractivity contribution < 1.29 is 4.74 Å². The van der Waals surface area contributed by atoms with E-state index in [-0.39, 0.29) is 11.6 Å². The lowest BCUT2D eigenvalue weighted by atomic mass is 10.2. The normalized spacial score (nSPS) is 12.7. The summed E-state index contributed by atoms with van der Waals surface area (Å²) in [6.07, 6.45) is 2.69. The Kier molecular flexibility index (Phi) is 5.05. The molecule has 0 aliphatic carbocycles. The average Bonchev–Trinajstić information content (AvgIpc) is 2.25. The number of rotatable bonds is 5.